The van der Waals surface area contributed by atoms with Crippen molar-refractivity contribution < 1.29 is 26.3 Å². The van der Waals surface area contributed by atoms with Gasteiger partial charge in [-0.15, -0.1) is 0 Å². The zero-order valence-corrected chi connectivity index (χ0v) is 15.2. The van der Waals surface area contributed by atoms with Crippen molar-refractivity contribution in [2.75, 3.05) is 52.4 Å². The molecule has 0 spiro atoms. The second-order valence-electron chi connectivity index (χ2n) is 5.68. The normalized spacial score (nSPS) is 24.5. The van der Waals surface area contributed by atoms with E-state index < -0.39 is 62.5 Å². The first kappa shape index (κ1) is 9.09. The van der Waals surface area contributed by atoms with E-state index in [4.69, 9.17) is 26.3 Å². The fourth-order valence-corrected chi connectivity index (χ4v) is 3.54. The molecule has 2 aromatic rings. The summed E-state index contributed by atoms with van der Waals surface area (Å²) >= 11 is 0.794. The first-order valence-electron chi connectivity index (χ1n) is 14.4. The molecule has 2 heterocycles. The van der Waals surface area contributed by atoms with Crippen LogP contribution in [0.4, 0.5) is 5.69 Å². The summed E-state index contributed by atoms with van der Waals surface area (Å²) in [7, 11) is 0. The largest absolute Gasteiger partial charge is 0.394 e. The van der Waals surface area contributed by atoms with E-state index in [2.05, 4.69) is 4.99 Å². The number of hydrogen-bond donors (Lipinski definition) is 1. The van der Waals surface area contributed by atoms with Crippen LogP contribution >= 0.6 is 11.8 Å². The molecule has 0 radical (unpaired) electrons. The molecule has 27 heavy (non-hydrogen) atoms. The maximum absolute atomic E-state index is 8.95. The van der Waals surface area contributed by atoms with Gasteiger partial charge in [-0.2, -0.15) is 0 Å². The van der Waals surface area contributed by atoms with Gasteiger partial charge >= 0.3 is 0 Å². The van der Waals surface area contributed by atoms with Crippen LogP contribution in [0.2, 0.25) is 0 Å². The molecule has 4 rings (SSSR count). The number of ether oxygens (including phenoxy) is 1. The van der Waals surface area contributed by atoms with Crippen molar-refractivity contribution in [1.29, 1.82) is 0 Å². The van der Waals surface area contributed by atoms with E-state index in [0.29, 0.717) is 0 Å². The minimum absolute atomic E-state index is 0.0199. The van der Waals surface area contributed by atoms with Crippen LogP contribution in [-0.2, 0) is 4.74 Å². The van der Waals surface area contributed by atoms with Crippen molar-refractivity contribution in [3.8, 4) is 0 Å². The number of nitrogens with zero attached hydrogens (tertiary/aromatic N) is 3. The van der Waals surface area contributed by atoms with Gasteiger partial charge < -0.3 is 14.7 Å². The number of aliphatic hydroxyl groups excluding tert-OH is 1. The molecule has 0 amide bonds. The number of piperazine rings is 1. The van der Waals surface area contributed by atoms with Gasteiger partial charge in [-0.25, -0.2) is 4.99 Å². The van der Waals surface area contributed by atoms with Gasteiger partial charge in [0.25, 0.3) is 0 Å². The van der Waals surface area contributed by atoms with Gasteiger partial charge in [0.1, 0.15) is 5.84 Å². The zero-order chi connectivity index (χ0) is 29.0. The van der Waals surface area contributed by atoms with Gasteiger partial charge in [0.05, 0.1) is 39.2 Å². The lowest BCUT2D eigenvalue weighted by molar-refractivity contribution is 0.0652. The van der Waals surface area contributed by atoms with Gasteiger partial charge in [0.2, 0.25) is 0 Å². The van der Waals surface area contributed by atoms with Gasteiger partial charge in [-0.05, 0) is 18.1 Å². The molecule has 0 aliphatic carbocycles. The van der Waals surface area contributed by atoms with Gasteiger partial charge in [-0.1, -0.05) is 42.0 Å². The summed E-state index contributed by atoms with van der Waals surface area (Å²) in [5.41, 5.74) is -0.0855. The molecule has 1 saturated heterocycles. The maximum atomic E-state index is 8.95. The lowest BCUT2D eigenvalue weighted by Gasteiger charge is -2.36. The highest BCUT2D eigenvalue weighted by Crippen LogP contribution is 2.40. The van der Waals surface area contributed by atoms with Crippen molar-refractivity contribution in [2.24, 2.45) is 4.99 Å². The molecule has 2 aliphatic heterocycles. The predicted molar refractivity (Wildman–Crippen MR) is 109 cm³/mol. The standard InChI is InChI=1S/C21H25N3O2S/c25-14-16-26-15-13-23-9-11-24(12-10-23)21-17-5-1-3-7-19(17)27-20-8-4-2-6-18(20)22-21/h1-8,25H,9-16H2/i1D,2D,3D,4D,5D,6D,7D,8D,13D2,15D2. The van der Waals surface area contributed by atoms with E-state index >= 15 is 0 Å². The molecule has 0 aromatic heterocycles. The number of fused-ring (bicyclic) bond motifs is 2. The Labute approximate surface area is 181 Å². The molecule has 0 bridgehead atoms. The van der Waals surface area contributed by atoms with Crippen LogP contribution in [0.25, 0.3) is 0 Å². The molecule has 0 unspecified atom stereocenters. The summed E-state index contributed by atoms with van der Waals surface area (Å²) in [6, 6.07) is -3.62. The second-order valence-corrected chi connectivity index (χ2v) is 6.70. The molecule has 2 aliphatic rings. The average molecular weight is 396 g/mol. The third-order valence-electron chi connectivity index (χ3n) is 3.98. The van der Waals surface area contributed by atoms with E-state index in [1.807, 2.05) is 0 Å². The summed E-state index contributed by atoms with van der Waals surface area (Å²) in [5, 5.41) is 8.95. The fourth-order valence-electron chi connectivity index (χ4n) is 2.70. The van der Waals surface area contributed by atoms with Crippen molar-refractivity contribution in [3.63, 3.8) is 0 Å². The summed E-state index contributed by atoms with van der Waals surface area (Å²) in [4.78, 5) is 7.47. The fraction of sp³-hybridized carbons (Fsp3) is 0.381. The van der Waals surface area contributed by atoms with Crippen LogP contribution in [-0.4, -0.2) is 73.2 Å². The van der Waals surface area contributed by atoms with Crippen LogP contribution in [0.1, 0.15) is 22.0 Å². The maximum Gasteiger partial charge on any atom is 0.137 e. The van der Waals surface area contributed by atoms with Crippen LogP contribution in [0.3, 0.4) is 0 Å². The lowest BCUT2D eigenvalue weighted by Crippen LogP contribution is -2.49. The third kappa shape index (κ3) is 4.35. The molecular weight excluding hydrogens is 358 g/mol. The first-order valence-corrected chi connectivity index (χ1v) is 9.19. The summed E-state index contributed by atoms with van der Waals surface area (Å²) in [5.74, 6) is 0.0491. The highest BCUT2D eigenvalue weighted by molar-refractivity contribution is 7.99. The predicted octanol–water partition coefficient (Wildman–Crippen LogP) is 2.86. The van der Waals surface area contributed by atoms with Crippen LogP contribution in [0.5, 0.6) is 0 Å². The Bertz CT molecular complexity index is 1350. The van der Waals surface area contributed by atoms with E-state index in [0.717, 1.165) is 11.8 Å². The highest BCUT2D eigenvalue weighted by Gasteiger charge is 2.24. The topological polar surface area (TPSA) is 48.3 Å². The van der Waals surface area contributed by atoms with E-state index in [1.54, 1.807) is 4.90 Å². The van der Waals surface area contributed by atoms with E-state index in [-0.39, 0.29) is 65.1 Å². The first-order chi connectivity index (χ1) is 18.2. The van der Waals surface area contributed by atoms with Crippen LogP contribution in [0, 0.1) is 0 Å². The Balaban J connectivity index is 1.81. The molecule has 6 heteroatoms. The van der Waals surface area contributed by atoms with Gasteiger partial charge in [0, 0.05) is 50.8 Å². The number of aliphatic hydroxyl groups is 1. The molecule has 2 aromatic carbocycles. The summed E-state index contributed by atoms with van der Waals surface area (Å²) < 4.78 is 104. The minimum Gasteiger partial charge on any atom is -0.394 e. The average Bonchev–Trinajstić information content (AvgIpc) is 3.09. The van der Waals surface area contributed by atoms with E-state index in [1.165, 1.54) is 4.90 Å². The van der Waals surface area contributed by atoms with Crippen LogP contribution < -0.4 is 0 Å². The second kappa shape index (κ2) is 8.89. The molecule has 5 nitrogen and oxygen atoms in total. The number of hydrogen-bond acceptors (Lipinski definition) is 6. The monoisotopic (exact) mass is 395 g/mol. The van der Waals surface area contributed by atoms with Gasteiger partial charge in [0.15, 0.2) is 0 Å². The summed E-state index contributed by atoms with van der Waals surface area (Å²) in [6.45, 7) is -6.11. The smallest absolute Gasteiger partial charge is 0.137 e. The molecule has 0 saturated carbocycles. The van der Waals surface area contributed by atoms with Crippen molar-refractivity contribution >= 4 is 23.3 Å². The van der Waals surface area contributed by atoms with Crippen molar-refractivity contribution in [3.05, 3.63) is 53.9 Å². The quantitative estimate of drug-likeness (QED) is 0.844. The Morgan fingerprint density at radius 3 is 2.63 bits per heavy atom. The molecular formula is C21H25N3O2S. The molecule has 1 fully saturated rings. The third-order valence-corrected chi connectivity index (χ3v) is 4.99. The minimum atomic E-state index is -2.73. The molecule has 142 valence electrons. The number of rotatable bonds is 5. The number of benzene rings is 2. The number of para-hydroxylation sites is 1. The number of aliphatic imine (C=N–C) groups is 1. The highest BCUT2D eigenvalue weighted by atomic mass is 32.2. The van der Waals surface area contributed by atoms with E-state index in [9.17, 15) is 0 Å². The Kier molecular flexibility index (Phi) is 2.99. The SMILES string of the molecule is [2H]c1c([2H])c([2H])c2c(c1[2H])N=C(N1CCN(C([2H])([2H])C([2H])([2H])OCCO)CC1)c1c([2H])c([2H])c([2H])c([2H])c1S2. The summed E-state index contributed by atoms with van der Waals surface area (Å²) in [6.07, 6.45) is 0. The Morgan fingerprint density at radius 1 is 1.07 bits per heavy atom. The molecule has 0 atom stereocenters. The van der Waals surface area contributed by atoms with Crippen molar-refractivity contribution in [1.82, 2.24) is 9.80 Å². The molecule has 1 N–H and O–H groups in total. The number of amidine groups is 1. The Hall–Kier alpha value is -1.86. The van der Waals surface area contributed by atoms with Crippen molar-refractivity contribution in [2.45, 2.75) is 9.79 Å². The van der Waals surface area contributed by atoms with Crippen LogP contribution in [0.15, 0.2) is 63.1 Å². The Morgan fingerprint density at radius 2 is 1.81 bits per heavy atom. The lowest BCUT2D eigenvalue weighted by atomic mass is 10.1. The van der Waals surface area contributed by atoms with Gasteiger partial charge in [-0.3, -0.25) is 4.90 Å². The zero-order valence-electron chi connectivity index (χ0n) is 26.3.